The number of unbranched alkanes of at least 4 members (excludes halogenated alkanes) is 1. The Kier molecular flexibility index (Phi) is 6.29. The number of fused-ring (bicyclic) bond motifs is 2. The van der Waals surface area contributed by atoms with E-state index >= 15 is 0 Å². The van der Waals surface area contributed by atoms with Gasteiger partial charge in [0.25, 0.3) is 0 Å². The Morgan fingerprint density at radius 3 is 2.38 bits per heavy atom. The van der Waals surface area contributed by atoms with Crippen molar-refractivity contribution in [2.75, 3.05) is 32.8 Å². The van der Waals surface area contributed by atoms with Crippen LogP contribution in [-0.2, 0) is 9.53 Å². The van der Waals surface area contributed by atoms with Crippen LogP contribution < -0.4 is 14.8 Å². The van der Waals surface area contributed by atoms with E-state index in [1.165, 1.54) is 26.4 Å². The number of methoxy groups -OCH3 is 2. The van der Waals surface area contributed by atoms with Gasteiger partial charge in [-0.2, -0.15) is 0 Å². The van der Waals surface area contributed by atoms with Crippen molar-refractivity contribution >= 4 is 23.2 Å². The summed E-state index contributed by atoms with van der Waals surface area (Å²) in [7, 11) is 2.85. The molecule has 1 N–H and O–H groups in total. The molecule has 0 heterocycles. The van der Waals surface area contributed by atoms with Crippen molar-refractivity contribution in [1.82, 2.24) is 0 Å². The van der Waals surface area contributed by atoms with Crippen molar-refractivity contribution in [1.29, 1.82) is 0 Å². The Bertz CT molecular complexity index is 966. The van der Waals surface area contributed by atoms with Crippen LogP contribution in [0.4, 0.5) is 5.69 Å². The molecule has 7 heteroatoms. The number of ether oxygens (including phenoxy) is 3. The van der Waals surface area contributed by atoms with Gasteiger partial charge >= 0.3 is 0 Å². The molecule has 1 amide bonds. The Hall–Kier alpha value is -3.19. The summed E-state index contributed by atoms with van der Waals surface area (Å²) in [6.45, 7) is 2.45. The highest BCUT2D eigenvalue weighted by atomic mass is 16.5. The third-order valence-electron chi connectivity index (χ3n) is 4.67. The van der Waals surface area contributed by atoms with Crippen molar-refractivity contribution < 1.29 is 28.6 Å². The van der Waals surface area contributed by atoms with Crippen LogP contribution in [-0.4, -0.2) is 44.9 Å². The van der Waals surface area contributed by atoms with Gasteiger partial charge in [-0.3, -0.25) is 14.4 Å². The summed E-state index contributed by atoms with van der Waals surface area (Å²) in [5.41, 5.74) is 1.17. The molecule has 29 heavy (non-hydrogen) atoms. The van der Waals surface area contributed by atoms with Gasteiger partial charge in [-0.1, -0.05) is 25.5 Å². The van der Waals surface area contributed by atoms with Crippen LogP contribution in [0.2, 0.25) is 0 Å². The van der Waals surface area contributed by atoms with Gasteiger partial charge in [-0.15, -0.1) is 0 Å². The predicted molar refractivity (Wildman–Crippen MR) is 107 cm³/mol. The first-order valence-electron chi connectivity index (χ1n) is 9.37. The third-order valence-corrected chi connectivity index (χ3v) is 4.67. The van der Waals surface area contributed by atoms with Crippen molar-refractivity contribution in [3.63, 3.8) is 0 Å². The number of anilines is 1. The quantitative estimate of drug-likeness (QED) is 0.587. The van der Waals surface area contributed by atoms with Gasteiger partial charge in [-0.25, -0.2) is 0 Å². The van der Waals surface area contributed by atoms with Crippen LogP contribution in [0.25, 0.3) is 0 Å². The lowest BCUT2D eigenvalue weighted by atomic mass is 9.82. The molecule has 1 aliphatic rings. The summed E-state index contributed by atoms with van der Waals surface area (Å²) in [5, 5.41) is 2.69. The lowest BCUT2D eigenvalue weighted by molar-refractivity contribution is -0.120. The highest BCUT2D eigenvalue weighted by Gasteiger charge is 2.35. The van der Waals surface area contributed by atoms with Crippen LogP contribution in [0.3, 0.4) is 0 Å². The Balaban J connectivity index is 1.94. The van der Waals surface area contributed by atoms with Crippen LogP contribution >= 0.6 is 0 Å². The van der Waals surface area contributed by atoms with Crippen LogP contribution in [0, 0.1) is 0 Å². The molecule has 0 atom stereocenters. The van der Waals surface area contributed by atoms with E-state index < -0.39 is 0 Å². The van der Waals surface area contributed by atoms with E-state index in [0.29, 0.717) is 18.0 Å². The molecule has 0 fully saturated rings. The Morgan fingerprint density at radius 2 is 1.69 bits per heavy atom. The van der Waals surface area contributed by atoms with Gasteiger partial charge < -0.3 is 19.5 Å². The molecule has 0 radical (unpaired) electrons. The minimum Gasteiger partial charge on any atom is -0.496 e. The lowest BCUT2D eigenvalue weighted by Gasteiger charge is -2.22. The Labute approximate surface area is 169 Å². The number of benzene rings is 2. The smallest absolute Gasteiger partial charge is 0.250 e. The van der Waals surface area contributed by atoms with E-state index in [0.717, 1.165) is 12.8 Å². The van der Waals surface area contributed by atoms with Crippen molar-refractivity contribution in [2.45, 2.75) is 19.8 Å². The molecule has 0 spiro atoms. The molecule has 0 saturated carbocycles. The zero-order valence-electron chi connectivity index (χ0n) is 16.7. The maximum Gasteiger partial charge on any atom is 0.250 e. The van der Waals surface area contributed by atoms with Gasteiger partial charge in [0.1, 0.15) is 18.1 Å². The number of amides is 1. The van der Waals surface area contributed by atoms with Gasteiger partial charge in [0.2, 0.25) is 11.7 Å². The molecule has 7 nitrogen and oxygen atoms in total. The number of rotatable bonds is 8. The fraction of sp³-hybridized carbons (Fsp3) is 0.318. The first-order valence-corrected chi connectivity index (χ1v) is 9.37. The SMILES string of the molecule is CCCCOCC(=O)Nc1cc(OC)c2c(c1)C(=O)c1cccc(OC)c1C2=O. The molecule has 0 saturated heterocycles. The zero-order valence-corrected chi connectivity index (χ0v) is 16.7. The van der Waals surface area contributed by atoms with E-state index in [-0.39, 0.29) is 52.1 Å². The molecule has 2 aromatic rings. The molecule has 0 bridgehead atoms. The van der Waals surface area contributed by atoms with Gasteiger partial charge in [-0.05, 0) is 18.6 Å². The lowest BCUT2D eigenvalue weighted by Crippen LogP contribution is -2.24. The van der Waals surface area contributed by atoms with E-state index in [9.17, 15) is 14.4 Å². The second kappa shape index (κ2) is 8.87. The number of hydrogen-bond donors (Lipinski definition) is 1. The maximum absolute atomic E-state index is 13.1. The van der Waals surface area contributed by atoms with Crippen LogP contribution in [0.5, 0.6) is 11.5 Å². The number of ketones is 2. The van der Waals surface area contributed by atoms with Crippen molar-refractivity contribution in [2.24, 2.45) is 0 Å². The first kappa shape index (κ1) is 20.5. The molecule has 1 aliphatic carbocycles. The molecular weight excluding hydrogens is 374 g/mol. The monoisotopic (exact) mass is 397 g/mol. The maximum atomic E-state index is 13.1. The summed E-state index contributed by atoms with van der Waals surface area (Å²) < 4.78 is 15.9. The average Bonchev–Trinajstić information content (AvgIpc) is 2.73. The number of carbonyl (C=O) groups is 3. The summed E-state index contributed by atoms with van der Waals surface area (Å²) in [5.74, 6) is -0.499. The van der Waals surface area contributed by atoms with Crippen molar-refractivity contribution in [3.8, 4) is 11.5 Å². The second-order valence-corrected chi connectivity index (χ2v) is 6.60. The average molecular weight is 397 g/mol. The fourth-order valence-corrected chi connectivity index (χ4v) is 3.26. The van der Waals surface area contributed by atoms with Gasteiger partial charge in [0.15, 0.2) is 5.78 Å². The molecule has 0 aromatic heterocycles. The van der Waals surface area contributed by atoms with Gasteiger partial charge in [0, 0.05) is 29.5 Å². The molecular formula is C22H23NO6. The predicted octanol–water partition coefficient (Wildman–Crippen LogP) is 3.23. The largest absolute Gasteiger partial charge is 0.496 e. The molecule has 2 aromatic carbocycles. The summed E-state index contributed by atoms with van der Waals surface area (Å²) in [4.78, 5) is 38.3. The Morgan fingerprint density at radius 1 is 0.966 bits per heavy atom. The van der Waals surface area contributed by atoms with E-state index in [1.54, 1.807) is 18.2 Å². The third kappa shape index (κ3) is 4.00. The summed E-state index contributed by atoms with van der Waals surface area (Å²) in [6.07, 6.45) is 1.85. The highest BCUT2D eigenvalue weighted by Crippen LogP contribution is 2.38. The number of carbonyl (C=O) groups excluding carboxylic acids is 3. The summed E-state index contributed by atoms with van der Waals surface area (Å²) >= 11 is 0. The molecule has 152 valence electrons. The van der Waals surface area contributed by atoms with E-state index in [2.05, 4.69) is 5.32 Å². The molecule has 0 unspecified atom stereocenters. The fourth-order valence-electron chi connectivity index (χ4n) is 3.26. The van der Waals surface area contributed by atoms with Crippen molar-refractivity contribution in [3.05, 3.63) is 52.6 Å². The molecule has 3 rings (SSSR count). The van der Waals surface area contributed by atoms with Crippen LogP contribution in [0.15, 0.2) is 30.3 Å². The number of nitrogens with one attached hydrogen (secondary N) is 1. The minimum absolute atomic E-state index is 0.0910. The topological polar surface area (TPSA) is 90.9 Å². The van der Waals surface area contributed by atoms with E-state index in [4.69, 9.17) is 14.2 Å². The number of hydrogen-bond acceptors (Lipinski definition) is 6. The highest BCUT2D eigenvalue weighted by molar-refractivity contribution is 6.30. The van der Waals surface area contributed by atoms with Crippen LogP contribution in [0.1, 0.15) is 51.6 Å². The normalized spacial score (nSPS) is 12.2. The minimum atomic E-state index is -0.357. The first-order chi connectivity index (χ1) is 14.0. The summed E-state index contributed by atoms with van der Waals surface area (Å²) in [6, 6.07) is 7.89. The molecule has 0 aliphatic heterocycles. The van der Waals surface area contributed by atoms with Gasteiger partial charge in [0.05, 0.1) is 25.3 Å². The second-order valence-electron chi connectivity index (χ2n) is 6.60. The zero-order chi connectivity index (χ0) is 21.0. The van der Waals surface area contributed by atoms with E-state index in [1.807, 2.05) is 6.92 Å². The standard InChI is InChI=1S/C22H23NO6/c1-4-5-9-29-12-18(24)23-13-10-15-20(17(11-13)28-3)22(26)19-14(21(15)25)7-6-8-16(19)27-2/h6-8,10-11H,4-5,9,12H2,1-3H3,(H,23,24).